The summed E-state index contributed by atoms with van der Waals surface area (Å²) in [5, 5.41) is 0. The van der Waals surface area contributed by atoms with Crippen molar-refractivity contribution >= 4 is 15.9 Å². The Morgan fingerprint density at radius 1 is 1.47 bits per heavy atom. The third kappa shape index (κ3) is 1.68. The van der Waals surface area contributed by atoms with Gasteiger partial charge in [0.15, 0.2) is 0 Å². The predicted molar refractivity (Wildman–Crippen MR) is 65.3 cm³/mol. The van der Waals surface area contributed by atoms with Gasteiger partial charge in [-0.15, -0.1) is 0 Å². The summed E-state index contributed by atoms with van der Waals surface area (Å²) in [7, 11) is 1.72. The number of hydrogen-bond acceptors (Lipinski definition) is 2. The fourth-order valence-electron chi connectivity index (χ4n) is 2.35. The van der Waals surface area contributed by atoms with E-state index in [2.05, 4.69) is 22.0 Å². The first-order chi connectivity index (χ1) is 7.23. The topological polar surface area (TPSA) is 35.2 Å². The lowest BCUT2D eigenvalue weighted by Gasteiger charge is -2.42. The average Bonchev–Trinajstić information content (AvgIpc) is 2.19. The zero-order valence-electron chi connectivity index (χ0n) is 8.92. The van der Waals surface area contributed by atoms with Crippen molar-refractivity contribution in [2.75, 3.05) is 13.7 Å². The Balaban J connectivity index is 2.49. The molecule has 0 heterocycles. The lowest BCUT2D eigenvalue weighted by molar-refractivity contribution is 0.242. The molecule has 3 heteroatoms. The maximum Gasteiger partial charge on any atom is 0.123 e. The molecule has 2 nitrogen and oxygen atoms in total. The predicted octanol–water partition coefficient (Wildman–Crippen LogP) is 2.84. The third-order valence-corrected chi connectivity index (χ3v) is 4.09. The molecule has 1 fully saturated rings. The zero-order chi connectivity index (χ0) is 10.9. The monoisotopic (exact) mass is 269 g/mol. The van der Waals surface area contributed by atoms with Crippen LogP contribution in [-0.4, -0.2) is 13.7 Å². The first-order valence-corrected chi connectivity index (χ1v) is 6.06. The van der Waals surface area contributed by atoms with Gasteiger partial charge in [0.25, 0.3) is 0 Å². The first kappa shape index (κ1) is 11.0. The van der Waals surface area contributed by atoms with Crippen molar-refractivity contribution in [2.45, 2.75) is 24.7 Å². The van der Waals surface area contributed by atoms with Crippen LogP contribution in [-0.2, 0) is 5.41 Å². The fraction of sp³-hybridized carbons (Fsp3) is 0.500. The van der Waals surface area contributed by atoms with Crippen LogP contribution in [0.3, 0.4) is 0 Å². The second-order valence-corrected chi connectivity index (χ2v) is 5.01. The fourth-order valence-corrected chi connectivity index (χ4v) is 3.12. The second-order valence-electron chi connectivity index (χ2n) is 4.16. The molecule has 1 saturated carbocycles. The quantitative estimate of drug-likeness (QED) is 0.916. The van der Waals surface area contributed by atoms with Crippen LogP contribution < -0.4 is 10.5 Å². The standard InChI is InChI=1S/C12H16BrNO/c1-15-10-5-2-4-9(13)11(10)12(8-14)6-3-7-12/h2,4-5H,3,6-8,14H2,1H3. The highest BCUT2D eigenvalue weighted by Gasteiger charge is 2.40. The molecule has 0 amide bonds. The van der Waals surface area contributed by atoms with Gasteiger partial charge in [-0.05, 0) is 25.0 Å². The summed E-state index contributed by atoms with van der Waals surface area (Å²) in [5.41, 5.74) is 7.31. The number of methoxy groups -OCH3 is 1. The van der Waals surface area contributed by atoms with Gasteiger partial charge in [0.05, 0.1) is 7.11 Å². The van der Waals surface area contributed by atoms with Gasteiger partial charge in [-0.1, -0.05) is 28.4 Å². The third-order valence-electron chi connectivity index (χ3n) is 3.43. The van der Waals surface area contributed by atoms with Crippen molar-refractivity contribution in [2.24, 2.45) is 5.73 Å². The Kier molecular flexibility index (Phi) is 3.03. The van der Waals surface area contributed by atoms with E-state index >= 15 is 0 Å². The molecule has 0 spiro atoms. The second kappa shape index (κ2) is 4.14. The van der Waals surface area contributed by atoms with E-state index in [0.29, 0.717) is 6.54 Å². The number of benzene rings is 1. The number of hydrogen-bond donors (Lipinski definition) is 1. The van der Waals surface area contributed by atoms with Crippen LogP contribution in [0.15, 0.2) is 22.7 Å². The van der Waals surface area contributed by atoms with Crippen LogP contribution in [0, 0.1) is 0 Å². The maximum absolute atomic E-state index is 5.92. The highest BCUT2D eigenvalue weighted by atomic mass is 79.9. The van der Waals surface area contributed by atoms with E-state index in [4.69, 9.17) is 10.5 Å². The maximum atomic E-state index is 5.92. The molecule has 15 heavy (non-hydrogen) atoms. The normalized spacial score (nSPS) is 18.3. The Morgan fingerprint density at radius 2 is 2.20 bits per heavy atom. The van der Waals surface area contributed by atoms with E-state index in [1.165, 1.54) is 24.8 Å². The van der Waals surface area contributed by atoms with E-state index in [1.807, 2.05) is 12.1 Å². The zero-order valence-corrected chi connectivity index (χ0v) is 10.5. The van der Waals surface area contributed by atoms with Crippen LogP contribution >= 0.6 is 15.9 Å². The SMILES string of the molecule is COc1cccc(Br)c1C1(CN)CCC1. The smallest absolute Gasteiger partial charge is 0.123 e. The van der Waals surface area contributed by atoms with Gasteiger partial charge in [0, 0.05) is 22.0 Å². The van der Waals surface area contributed by atoms with Gasteiger partial charge in [0.1, 0.15) is 5.75 Å². The number of rotatable bonds is 3. The lowest BCUT2D eigenvalue weighted by atomic mass is 9.64. The van der Waals surface area contributed by atoms with Crippen LogP contribution in [0.1, 0.15) is 24.8 Å². The number of halogens is 1. The molecule has 1 aromatic carbocycles. The first-order valence-electron chi connectivity index (χ1n) is 5.26. The van der Waals surface area contributed by atoms with Gasteiger partial charge in [-0.3, -0.25) is 0 Å². The van der Waals surface area contributed by atoms with E-state index in [9.17, 15) is 0 Å². The van der Waals surface area contributed by atoms with Crippen LogP contribution in [0.25, 0.3) is 0 Å². The molecule has 1 aliphatic carbocycles. The van der Waals surface area contributed by atoms with Crippen LogP contribution in [0.4, 0.5) is 0 Å². The van der Waals surface area contributed by atoms with Crippen LogP contribution in [0.2, 0.25) is 0 Å². The van der Waals surface area contributed by atoms with E-state index in [1.54, 1.807) is 7.11 Å². The summed E-state index contributed by atoms with van der Waals surface area (Å²) >= 11 is 3.60. The molecule has 2 N–H and O–H groups in total. The van der Waals surface area contributed by atoms with Gasteiger partial charge in [0.2, 0.25) is 0 Å². The van der Waals surface area contributed by atoms with Gasteiger partial charge in [-0.2, -0.15) is 0 Å². The Hall–Kier alpha value is -0.540. The van der Waals surface area contributed by atoms with Crippen molar-refractivity contribution in [3.63, 3.8) is 0 Å². The largest absolute Gasteiger partial charge is 0.496 e. The summed E-state index contributed by atoms with van der Waals surface area (Å²) in [6.45, 7) is 0.700. The highest BCUT2D eigenvalue weighted by molar-refractivity contribution is 9.10. The number of nitrogens with two attached hydrogens (primary N) is 1. The molecular formula is C12H16BrNO. The molecule has 1 aliphatic rings. The Labute approximate surface area is 98.9 Å². The summed E-state index contributed by atoms with van der Waals surface area (Å²) < 4.78 is 6.54. The molecule has 0 bridgehead atoms. The van der Waals surface area contributed by atoms with Gasteiger partial charge >= 0.3 is 0 Å². The molecule has 0 aromatic heterocycles. The summed E-state index contributed by atoms with van der Waals surface area (Å²) in [5.74, 6) is 0.953. The molecule has 2 rings (SSSR count). The van der Waals surface area contributed by atoms with Crippen molar-refractivity contribution in [1.29, 1.82) is 0 Å². The summed E-state index contributed by atoms with van der Waals surface area (Å²) in [4.78, 5) is 0. The van der Waals surface area contributed by atoms with Gasteiger partial charge in [-0.25, -0.2) is 0 Å². The molecule has 82 valence electrons. The minimum atomic E-state index is 0.144. The van der Waals surface area contributed by atoms with Crippen molar-refractivity contribution in [3.8, 4) is 5.75 Å². The van der Waals surface area contributed by atoms with Crippen LogP contribution in [0.5, 0.6) is 5.75 Å². The van der Waals surface area contributed by atoms with Crippen molar-refractivity contribution in [3.05, 3.63) is 28.2 Å². The molecule has 0 aliphatic heterocycles. The Bertz CT molecular complexity index is 355. The Morgan fingerprint density at radius 3 is 2.67 bits per heavy atom. The molecular weight excluding hydrogens is 254 g/mol. The molecule has 0 unspecified atom stereocenters. The van der Waals surface area contributed by atoms with Crippen molar-refractivity contribution in [1.82, 2.24) is 0 Å². The van der Waals surface area contributed by atoms with E-state index < -0.39 is 0 Å². The average molecular weight is 270 g/mol. The minimum absolute atomic E-state index is 0.144. The number of ether oxygens (including phenoxy) is 1. The molecule has 0 atom stereocenters. The minimum Gasteiger partial charge on any atom is -0.496 e. The highest BCUT2D eigenvalue weighted by Crippen LogP contribution is 2.49. The lowest BCUT2D eigenvalue weighted by Crippen LogP contribution is -2.42. The molecule has 0 saturated heterocycles. The van der Waals surface area contributed by atoms with E-state index in [0.717, 1.165) is 10.2 Å². The van der Waals surface area contributed by atoms with Crippen molar-refractivity contribution < 1.29 is 4.74 Å². The summed E-state index contributed by atoms with van der Waals surface area (Å²) in [6.07, 6.45) is 3.60. The molecule has 1 aromatic rings. The summed E-state index contributed by atoms with van der Waals surface area (Å²) in [6, 6.07) is 6.07. The van der Waals surface area contributed by atoms with E-state index in [-0.39, 0.29) is 5.41 Å². The molecule has 0 radical (unpaired) electrons. The van der Waals surface area contributed by atoms with Gasteiger partial charge < -0.3 is 10.5 Å².